The van der Waals surface area contributed by atoms with E-state index in [2.05, 4.69) is 12.2 Å². The standard InChI is InChI=1S/C23H19NO6/c1-10-6-11(7-17-12(10)4-5-18(25)30-17)29-19(26)9-24-22(27)20-13-2-3-14(16-8-15(13)16)21(20)23(24)28/h2-7,13-16,20-21H,8-9H2,1H3/t13-,14-,15-,16-,20+,21+/m1/s1. The highest BCUT2D eigenvalue weighted by Gasteiger charge is 2.67. The zero-order valence-electron chi connectivity index (χ0n) is 16.2. The molecule has 2 amide bonds. The molecule has 2 heterocycles. The van der Waals surface area contributed by atoms with Gasteiger partial charge in [0.15, 0.2) is 0 Å². The molecular weight excluding hydrogens is 386 g/mol. The number of likely N-dealkylation sites (tertiary alicyclic amines) is 1. The van der Waals surface area contributed by atoms with Gasteiger partial charge in [0.1, 0.15) is 17.9 Å². The van der Waals surface area contributed by atoms with Crippen molar-refractivity contribution >= 4 is 28.8 Å². The van der Waals surface area contributed by atoms with Crippen LogP contribution >= 0.6 is 0 Å². The third-order valence-corrected chi connectivity index (χ3v) is 7.19. The lowest BCUT2D eigenvalue weighted by Crippen LogP contribution is -2.40. The number of hydrogen-bond donors (Lipinski definition) is 0. The van der Waals surface area contributed by atoms with Crippen molar-refractivity contribution in [3.63, 3.8) is 0 Å². The highest BCUT2D eigenvalue weighted by Crippen LogP contribution is 2.65. The Hall–Kier alpha value is -3.22. The molecule has 1 aromatic carbocycles. The van der Waals surface area contributed by atoms with E-state index in [1.165, 1.54) is 12.1 Å². The first kappa shape index (κ1) is 17.6. The van der Waals surface area contributed by atoms with Crippen LogP contribution in [-0.2, 0) is 14.4 Å². The highest BCUT2D eigenvalue weighted by molar-refractivity contribution is 6.08. The molecule has 2 saturated carbocycles. The molecule has 3 fully saturated rings. The van der Waals surface area contributed by atoms with Gasteiger partial charge in [-0.1, -0.05) is 12.2 Å². The Morgan fingerprint density at radius 1 is 1.07 bits per heavy atom. The number of fused-ring (bicyclic) bond motifs is 1. The Labute approximate surface area is 171 Å². The molecule has 0 spiro atoms. The predicted octanol–water partition coefficient (Wildman–Crippen LogP) is 2.06. The molecule has 1 saturated heterocycles. The summed E-state index contributed by atoms with van der Waals surface area (Å²) in [4.78, 5) is 51.0. The summed E-state index contributed by atoms with van der Waals surface area (Å²) >= 11 is 0. The molecule has 2 bridgehead atoms. The number of ether oxygens (including phenoxy) is 1. The Morgan fingerprint density at radius 2 is 1.73 bits per heavy atom. The third kappa shape index (κ3) is 2.38. The third-order valence-electron chi connectivity index (χ3n) is 7.19. The molecule has 7 rings (SSSR count). The van der Waals surface area contributed by atoms with Crippen LogP contribution in [0.15, 0.2) is 45.6 Å². The minimum atomic E-state index is -0.696. The van der Waals surface area contributed by atoms with Gasteiger partial charge in [-0.2, -0.15) is 0 Å². The fraction of sp³-hybridized carbons (Fsp3) is 0.391. The smallest absolute Gasteiger partial charge is 0.336 e. The normalized spacial score (nSPS) is 33.0. The van der Waals surface area contributed by atoms with Crippen molar-refractivity contribution < 1.29 is 23.5 Å². The number of nitrogens with zero attached hydrogens (tertiary/aromatic N) is 1. The molecule has 5 aliphatic rings. The lowest BCUT2D eigenvalue weighted by molar-refractivity contribution is -0.148. The molecule has 0 unspecified atom stereocenters. The SMILES string of the molecule is Cc1cc(OC(=O)CN2C(=O)[C@H]3[C@@H]4C=C[C@H]([C@H]5C[C@H]45)[C@@H]3C2=O)cc2oc(=O)ccc12. The van der Waals surface area contributed by atoms with Gasteiger partial charge in [0.25, 0.3) is 0 Å². The monoisotopic (exact) mass is 405 g/mol. The second-order valence-corrected chi connectivity index (χ2v) is 8.80. The number of carbonyl (C=O) groups excluding carboxylic acids is 3. The van der Waals surface area contributed by atoms with Crippen LogP contribution in [0.3, 0.4) is 0 Å². The van der Waals surface area contributed by atoms with Crippen LogP contribution in [0.2, 0.25) is 0 Å². The predicted molar refractivity (Wildman–Crippen MR) is 104 cm³/mol. The van der Waals surface area contributed by atoms with E-state index >= 15 is 0 Å². The maximum Gasteiger partial charge on any atom is 0.336 e. The summed E-state index contributed by atoms with van der Waals surface area (Å²) in [6, 6.07) is 6.10. The second-order valence-electron chi connectivity index (χ2n) is 8.80. The van der Waals surface area contributed by atoms with E-state index in [-0.39, 0.29) is 41.2 Å². The number of imide groups is 1. The quantitative estimate of drug-likeness (QED) is 0.255. The van der Waals surface area contributed by atoms with Gasteiger partial charge in [-0.25, -0.2) is 9.59 Å². The van der Waals surface area contributed by atoms with Crippen LogP contribution in [0.4, 0.5) is 0 Å². The van der Waals surface area contributed by atoms with Gasteiger partial charge in [-0.15, -0.1) is 0 Å². The van der Waals surface area contributed by atoms with Gasteiger partial charge in [0, 0.05) is 17.5 Å². The van der Waals surface area contributed by atoms with Crippen LogP contribution in [-0.4, -0.2) is 29.2 Å². The van der Waals surface area contributed by atoms with Crippen molar-refractivity contribution in [1.29, 1.82) is 0 Å². The Morgan fingerprint density at radius 3 is 2.40 bits per heavy atom. The fourth-order valence-electron chi connectivity index (χ4n) is 5.85. The summed E-state index contributed by atoms with van der Waals surface area (Å²) in [6.07, 6.45) is 5.28. The maximum absolute atomic E-state index is 13.0. The Kier molecular flexibility index (Phi) is 3.47. The summed E-state index contributed by atoms with van der Waals surface area (Å²) < 4.78 is 10.6. The molecule has 30 heavy (non-hydrogen) atoms. The molecule has 7 heteroatoms. The Bertz CT molecular complexity index is 1190. The van der Waals surface area contributed by atoms with Crippen molar-refractivity contribution in [3.8, 4) is 5.75 Å². The summed E-state index contributed by atoms with van der Waals surface area (Å²) in [6.45, 7) is 1.40. The molecule has 152 valence electrons. The van der Waals surface area contributed by atoms with Crippen molar-refractivity contribution in [3.05, 3.63) is 52.4 Å². The van der Waals surface area contributed by atoms with E-state index in [1.54, 1.807) is 12.1 Å². The molecule has 4 aliphatic carbocycles. The average molecular weight is 405 g/mol. The van der Waals surface area contributed by atoms with E-state index in [0.29, 0.717) is 17.4 Å². The minimum absolute atomic E-state index is 0.119. The van der Waals surface area contributed by atoms with E-state index in [9.17, 15) is 19.2 Å². The number of carbonyl (C=O) groups is 3. The van der Waals surface area contributed by atoms with Crippen LogP contribution in [0.25, 0.3) is 11.0 Å². The lowest BCUT2D eigenvalue weighted by Gasteiger charge is -2.37. The number of benzene rings is 1. The van der Waals surface area contributed by atoms with Gasteiger partial charge < -0.3 is 9.15 Å². The lowest BCUT2D eigenvalue weighted by atomic mass is 9.63. The Balaban J connectivity index is 1.22. The van der Waals surface area contributed by atoms with Crippen LogP contribution in [0.1, 0.15) is 12.0 Å². The van der Waals surface area contributed by atoms with Crippen molar-refractivity contribution in [2.24, 2.45) is 35.5 Å². The first-order chi connectivity index (χ1) is 14.4. The van der Waals surface area contributed by atoms with Gasteiger partial charge in [0.2, 0.25) is 11.8 Å². The zero-order valence-corrected chi connectivity index (χ0v) is 16.2. The number of aryl methyl sites for hydroxylation is 1. The molecule has 0 N–H and O–H groups in total. The summed E-state index contributed by atoms with van der Waals surface area (Å²) in [5, 5.41) is 0.741. The molecular formula is C23H19NO6. The zero-order chi connectivity index (χ0) is 20.7. The van der Waals surface area contributed by atoms with Gasteiger partial charge >= 0.3 is 11.6 Å². The van der Waals surface area contributed by atoms with Gasteiger partial charge in [0.05, 0.1) is 11.8 Å². The van der Waals surface area contributed by atoms with Gasteiger partial charge in [-0.05, 0) is 54.7 Å². The van der Waals surface area contributed by atoms with E-state index < -0.39 is 18.1 Å². The van der Waals surface area contributed by atoms with Crippen molar-refractivity contribution in [1.82, 2.24) is 4.90 Å². The van der Waals surface area contributed by atoms with E-state index in [1.807, 2.05) is 6.92 Å². The summed E-state index contributed by atoms with van der Waals surface area (Å²) in [5.41, 5.74) is 0.592. The molecule has 7 nitrogen and oxygen atoms in total. The summed E-state index contributed by atoms with van der Waals surface area (Å²) in [5.74, 6) is -0.402. The molecule has 0 radical (unpaired) electrons. The summed E-state index contributed by atoms with van der Waals surface area (Å²) in [7, 11) is 0. The van der Waals surface area contributed by atoms with Crippen molar-refractivity contribution in [2.45, 2.75) is 13.3 Å². The first-order valence-corrected chi connectivity index (χ1v) is 10.2. The second kappa shape index (κ2) is 5.90. The van der Waals surface area contributed by atoms with Crippen LogP contribution < -0.4 is 10.4 Å². The first-order valence-electron chi connectivity index (χ1n) is 10.2. The molecule has 1 aromatic heterocycles. The minimum Gasteiger partial charge on any atom is -0.425 e. The molecule has 6 atom stereocenters. The van der Waals surface area contributed by atoms with Crippen molar-refractivity contribution in [2.75, 3.05) is 6.54 Å². The molecule has 2 aromatic rings. The largest absolute Gasteiger partial charge is 0.425 e. The number of hydrogen-bond acceptors (Lipinski definition) is 6. The topological polar surface area (TPSA) is 93.9 Å². The maximum atomic E-state index is 13.0. The average Bonchev–Trinajstić information content (AvgIpc) is 3.49. The number of rotatable bonds is 3. The van der Waals surface area contributed by atoms with E-state index in [4.69, 9.17) is 9.15 Å². The van der Waals surface area contributed by atoms with E-state index in [0.717, 1.165) is 22.3 Å². The number of esters is 1. The van der Waals surface area contributed by atoms with Crippen LogP contribution in [0, 0.1) is 42.4 Å². The number of amides is 2. The highest BCUT2D eigenvalue weighted by atomic mass is 16.5. The fourth-order valence-corrected chi connectivity index (χ4v) is 5.85. The molecule has 1 aliphatic heterocycles. The number of allylic oxidation sites excluding steroid dienone is 2. The van der Waals surface area contributed by atoms with Gasteiger partial charge in [-0.3, -0.25) is 14.5 Å². The van der Waals surface area contributed by atoms with Crippen LogP contribution in [0.5, 0.6) is 5.75 Å².